The topological polar surface area (TPSA) is 82.5 Å². The number of benzene rings is 2. The zero-order chi connectivity index (χ0) is 26.2. The second-order valence-corrected chi connectivity index (χ2v) is 11.7. The minimum absolute atomic E-state index is 0.0822. The molecule has 0 fully saturated rings. The van der Waals surface area contributed by atoms with Gasteiger partial charge in [0.1, 0.15) is 10.6 Å². The molecular weight excluding hydrogens is 530 g/mol. The molecule has 7 nitrogen and oxygen atoms in total. The number of thioether (sulfide) groups is 1. The van der Waals surface area contributed by atoms with Crippen molar-refractivity contribution in [3.05, 3.63) is 74.3 Å². The monoisotopic (exact) mass is 555 g/mol. The van der Waals surface area contributed by atoms with Gasteiger partial charge in [0.2, 0.25) is 5.91 Å². The number of rotatable bonds is 7. The quantitative estimate of drug-likeness (QED) is 0.220. The SMILES string of the molecule is CCOc1ccc(-n2c(SCC(=O)Nc3ccc(Cl)cc3)nc3sc4c(c3c2=O)CC(C)(C)OC4)cc1. The van der Waals surface area contributed by atoms with E-state index in [1.54, 1.807) is 28.8 Å². The van der Waals surface area contributed by atoms with E-state index in [1.807, 2.05) is 45.0 Å². The summed E-state index contributed by atoms with van der Waals surface area (Å²) in [5.74, 6) is 0.593. The van der Waals surface area contributed by atoms with Crippen molar-refractivity contribution in [1.29, 1.82) is 0 Å². The molecule has 1 aliphatic rings. The van der Waals surface area contributed by atoms with Crippen molar-refractivity contribution in [2.24, 2.45) is 0 Å². The van der Waals surface area contributed by atoms with E-state index in [2.05, 4.69) is 5.32 Å². The lowest BCUT2D eigenvalue weighted by molar-refractivity contribution is -0.113. The van der Waals surface area contributed by atoms with Gasteiger partial charge in [-0.15, -0.1) is 11.3 Å². The van der Waals surface area contributed by atoms with Gasteiger partial charge >= 0.3 is 0 Å². The molecule has 37 heavy (non-hydrogen) atoms. The maximum absolute atomic E-state index is 14.0. The predicted molar refractivity (Wildman–Crippen MR) is 150 cm³/mol. The van der Waals surface area contributed by atoms with Crippen LogP contribution in [0.5, 0.6) is 5.75 Å². The van der Waals surface area contributed by atoms with Gasteiger partial charge in [-0.05, 0) is 74.9 Å². The van der Waals surface area contributed by atoms with Gasteiger partial charge in [-0.3, -0.25) is 14.2 Å². The molecule has 3 heterocycles. The van der Waals surface area contributed by atoms with E-state index in [0.717, 1.165) is 16.2 Å². The normalized spacial score (nSPS) is 14.4. The van der Waals surface area contributed by atoms with E-state index in [-0.39, 0.29) is 22.8 Å². The van der Waals surface area contributed by atoms with Gasteiger partial charge in [0.25, 0.3) is 5.56 Å². The number of nitrogens with one attached hydrogen (secondary N) is 1. The molecule has 4 aromatic rings. The maximum Gasteiger partial charge on any atom is 0.267 e. The molecule has 0 atom stereocenters. The third kappa shape index (κ3) is 5.55. The van der Waals surface area contributed by atoms with Crippen LogP contribution < -0.4 is 15.6 Å². The summed E-state index contributed by atoms with van der Waals surface area (Å²) in [5.41, 5.74) is 1.81. The van der Waals surface area contributed by atoms with E-state index in [9.17, 15) is 9.59 Å². The molecule has 0 saturated carbocycles. The van der Waals surface area contributed by atoms with Gasteiger partial charge in [-0.25, -0.2) is 4.98 Å². The van der Waals surface area contributed by atoms with Crippen LogP contribution in [0.25, 0.3) is 15.9 Å². The molecule has 192 valence electrons. The second-order valence-electron chi connectivity index (χ2n) is 9.21. The molecule has 1 N–H and O–H groups in total. The van der Waals surface area contributed by atoms with E-state index in [4.69, 9.17) is 26.1 Å². The van der Waals surface area contributed by atoms with Gasteiger partial charge < -0.3 is 14.8 Å². The number of thiophene rings is 1. The number of aromatic nitrogens is 2. The molecule has 0 bridgehead atoms. The first-order valence-electron chi connectivity index (χ1n) is 11.9. The van der Waals surface area contributed by atoms with Crippen molar-refractivity contribution in [3.63, 3.8) is 0 Å². The minimum Gasteiger partial charge on any atom is -0.494 e. The summed E-state index contributed by atoms with van der Waals surface area (Å²) in [4.78, 5) is 33.3. The van der Waals surface area contributed by atoms with E-state index in [0.29, 0.717) is 51.4 Å². The average molecular weight is 556 g/mol. The molecule has 2 aromatic carbocycles. The number of halogens is 1. The molecule has 0 radical (unpaired) electrons. The lowest BCUT2D eigenvalue weighted by Crippen LogP contribution is -2.32. The first-order valence-corrected chi connectivity index (χ1v) is 14.0. The van der Waals surface area contributed by atoms with Crippen LogP contribution in [0.15, 0.2) is 58.5 Å². The summed E-state index contributed by atoms with van der Waals surface area (Å²) in [6.07, 6.45) is 0.637. The number of fused-ring (bicyclic) bond motifs is 3. The number of nitrogens with zero attached hydrogens (tertiary/aromatic N) is 2. The fraction of sp³-hybridized carbons (Fsp3) is 0.296. The van der Waals surface area contributed by atoms with Crippen LogP contribution in [0.2, 0.25) is 5.02 Å². The predicted octanol–water partition coefficient (Wildman–Crippen LogP) is 6.08. The molecule has 1 amide bonds. The first-order chi connectivity index (χ1) is 17.7. The number of carbonyl (C=O) groups excluding carboxylic acids is 1. The molecular formula is C27H26ClN3O4S2. The lowest BCUT2D eigenvalue weighted by atomic mass is 9.94. The summed E-state index contributed by atoms with van der Waals surface area (Å²) in [7, 11) is 0. The van der Waals surface area contributed by atoms with Crippen LogP contribution in [0, 0.1) is 0 Å². The highest BCUT2D eigenvalue weighted by Crippen LogP contribution is 2.38. The molecule has 1 aliphatic heterocycles. The van der Waals surface area contributed by atoms with E-state index in [1.165, 1.54) is 23.1 Å². The number of hydrogen-bond donors (Lipinski definition) is 1. The van der Waals surface area contributed by atoms with Gasteiger partial charge in [0.15, 0.2) is 5.16 Å². The Morgan fingerprint density at radius 1 is 1.22 bits per heavy atom. The van der Waals surface area contributed by atoms with Crippen LogP contribution in [0.3, 0.4) is 0 Å². The van der Waals surface area contributed by atoms with Crippen LogP contribution in [0.1, 0.15) is 31.2 Å². The molecule has 0 unspecified atom stereocenters. The highest BCUT2D eigenvalue weighted by Gasteiger charge is 2.31. The Bertz CT molecular complexity index is 1510. The van der Waals surface area contributed by atoms with Crippen molar-refractivity contribution < 1.29 is 14.3 Å². The average Bonchev–Trinajstić information content (AvgIpc) is 3.22. The first kappa shape index (κ1) is 25.8. The summed E-state index contributed by atoms with van der Waals surface area (Å²) < 4.78 is 13.1. The maximum atomic E-state index is 14.0. The van der Waals surface area contributed by atoms with Crippen LogP contribution in [-0.4, -0.2) is 33.4 Å². The number of amides is 1. The Morgan fingerprint density at radius 3 is 2.65 bits per heavy atom. The smallest absolute Gasteiger partial charge is 0.267 e. The summed E-state index contributed by atoms with van der Waals surface area (Å²) in [5, 5.41) is 4.53. The zero-order valence-electron chi connectivity index (χ0n) is 20.7. The van der Waals surface area contributed by atoms with Crippen molar-refractivity contribution in [3.8, 4) is 11.4 Å². The number of anilines is 1. The van der Waals surface area contributed by atoms with Crippen molar-refractivity contribution >= 4 is 56.5 Å². The molecule has 0 spiro atoms. The highest BCUT2D eigenvalue weighted by atomic mass is 35.5. The molecule has 2 aromatic heterocycles. The lowest BCUT2D eigenvalue weighted by Gasteiger charge is -2.29. The van der Waals surface area contributed by atoms with Crippen molar-refractivity contribution in [2.45, 2.75) is 44.6 Å². The summed E-state index contributed by atoms with van der Waals surface area (Å²) >= 11 is 8.64. The van der Waals surface area contributed by atoms with Crippen molar-refractivity contribution in [2.75, 3.05) is 17.7 Å². The Hall–Kier alpha value is -2.85. The molecule has 0 saturated heterocycles. The molecule has 10 heteroatoms. The Labute approximate surface area is 227 Å². The summed E-state index contributed by atoms with van der Waals surface area (Å²) in [6, 6.07) is 14.2. The number of ether oxygens (including phenoxy) is 2. The van der Waals surface area contributed by atoms with Gasteiger partial charge in [0, 0.05) is 22.0 Å². The Balaban J connectivity index is 1.53. The summed E-state index contributed by atoms with van der Waals surface area (Å²) in [6.45, 7) is 6.99. The minimum atomic E-state index is -0.357. The highest BCUT2D eigenvalue weighted by molar-refractivity contribution is 7.99. The number of hydrogen-bond acceptors (Lipinski definition) is 7. The fourth-order valence-corrected chi connectivity index (χ4v) is 6.30. The van der Waals surface area contributed by atoms with Crippen LogP contribution >= 0.6 is 34.7 Å². The van der Waals surface area contributed by atoms with E-state index < -0.39 is 0 Å². The molecule has 0 aliphatic carbocycles. The van der Waals surface area contributed by atoms with Gasteiger partial charge in [-0.1, -0.05) is 23.4 Å². The molecule has 5 rings (SSSR count). The van der Waals surface area contributed by atoms with Crippen LogP contribution in [0.4, 0.5) is 5.69 Å². The Morgan fingerprint density at radius 2 is 1.95 bits per heavy atom. The number of carbonyl (C=O) groups is 1. The largest absolute Gasteiger partial charge is 0.494 e. The van der Waals surface area contributed by atoms with Gasteiger partial charge in [0.05, 0.1) is 35.6 Å². The Kier molecular flexibility index (Phi) is 7.31. The van der Waals surface area contributed by atoms with Crippen LogP contribution in [-0.2, 0) is 22.6 Å². The standard InChI is InChI=1S/C27H26ClN3O4S2/c1-4-34-19-11-9-18(10-12-19)31-25(33)23-20-13-27(2,3)35-14-21(20)37-24(23)30-26(31)36-15-22(32)29-17-7-5-16(28)6-8-17/h5-12H,4,13-15H2,1-3H3,(H,29,32). The van der Waals surface area contributed by atoms with E-state index >= 15 is 0 Å². The third-order valence-electron chi connectivity index (χ3n) is 5.94. The van der Waals surface area contributed by atoms with Crippen molar-refractivity contribution in [1.82, 2.24) is 9.55 Å². The van der Waals surface area contributed by atoms with Gasteiger partial charge in [-0.2, -0.15) is 0 Å². The fourth-order valence-electron chi connectivity index (χ4n) is 4.22. The second kappa shape index (κ2) is 10.5. The zero-order valence-corrected chi connectivity index (χ0v) is 23.1. The third-order valence-corrected chi connectivity index (χ3v) is 8.23.